The first kappa shape index (κ1) is 9.84. The van der Waals surface area contributed by atoms with Gasteiger partial charge in [-0.3, -0.25) is 4.79 Å². The second-order valence-electron chi connectivity index (χ2n) is 3.62. The number of carbonyl (C=O) groups is 1. The zero-order valence-corrected chi connectivity index (χ0v) is 9.03. The van der Waals surface area contributed by atoms with Crippen molar-refractivity contribution in [2.24, 2.45) is 0 Å². The quantitative estimate of drug-likeness (QED) is 0.538. The number of ketones is 1. The molecule has 0 amide bonds. The Balaban J connectivity index is 2.69. The zero-order valence-electron chi connectivity index (χ0n) is 9.03. The van der Waals surface area contributed by atoms with Crippen molar-refractivity contribution in [1.29, 1.82) is 0 Å². The molecule has 0 aliphatic carbocycles. The lowest BCUT2D eigenvalue weighted by atomic mass is 10.1. The molecular weight excluding hydrogens is 186 g/mol. The van der Waals surface area contributed by atoms with E-state index in [4.69, 9.17) is 0 Å². The zero-order chi connectivity index (χ0) is 10.8. The standard InChI is InChI=1S/C13H14NO/c1-3-14-8-4-5-12-9-11(10(2)15)6-7-13(12)14/h4-9H,3H2,1-2H3/q+1. The van der Waals surface area contributed by atoms with Crippen molar-refractivity contribution in [3.63, 3.8) is 0 Å². The summed E-state index contributed by atoms with van der Waals surface area (Å²) in [6, 6.07) is 9.89. The third-order valence-corrected chi connectivity index (χ3v) is 2.63. The summed E-state index contributed by atoms with van der Waals surface area (Å²) in [4.78, 5) is 11.2. The lowest BCUT2D eigenvalue weighted by Crippen LogP contribution is -2.32. The number of benzene rings is 1. The van der Waals surface area contributed by atoms with Crippen LogP contribution < -0.4 is 4.57 Å². The van der Waals surface area contributed by atoms with Gasteiger partial charge in [-0.05, 0) is 32.0 Å². The lowest BCUT2D eigenvalue weighted by molar-refractivity contribution is -0.667. The topological polar surface area (TPSA) is 20.9 Å². The van der Waals surface area contributed by atoms with Crippen LogP contribution in [0.1, 0.15) is 24.2 Å². The normalized spacial score (nSPS) is 10.5. The predicted molar refractivity (Wildman–Crippen MR) is 59.8 cm³/mol. The fourth-order valence-electron chi connectivity index (χ4n) is 1.78. The molecule has 15 heavy (non-hydrogen) atoms. The number of pyridine rings is 1. The van der Waals surface area contributed by atoms with Crippen molar-refractivity contribution in [2.45, 2.75) is 20.4 Å². The van der Waals surface area contributed by atoms with Gasteiger partial charge in [0.1, 0.15) is 6.54 Å². The predicted octanol–water partition coefficient (Wildman–Crippen LogP) is 2.35. The van der Waals surface area contributed by atoms with E-state index >= 15 is 0 Å². The maximum Gasteiger partial charge on any atom is 0.212 e. The van der Waals surface area contributed by atoms with Gasteiger partial charge in [-0.2, -0.15) is 4.57 Å². The van der Waals surface area contributed by atoms with Crippen molar-refractivity contribution < 1.29 is 9.36 Å². The fraction of sp³-hybridized carbons (Fsp3) is 0.231. The minimum atomic E-state index is 0.115. The highest BCUT2D eigenvalue weighted by molar-refractivity contribution is 5.97. The molecule has 0 saturated heterocycles. The van der Waals surface area contributed by atoms with E-state index in [1.54, 1.807) is 6.92 Å². The second kappa shape index (κ2) is 3.81. The van der Waals surface area contributed by atoms with Gasteiger partial charge in [-0.15, -0.1) is 0 Å². The maximum atomic E-state index is 11.2. The number of aromatic nitrogens is 1. The summed E-state index contributed by atoms with van der Waals surface area (Å²) in [6.07, 6.45) is 2.05. The molecule has 1 heterocycles. The molecule has 0 unspecified atom stereocenters. The van der Waals surface area contributed by atoms with E-state index in [9.17, 15) is 4.79 Å². The van der Waals surface area contributed by atoms with Crippen molar-refractivity contribution in [3.05, 3.63) is 42.1 Å². The first-order chi connectivity index (χ1) is 7.22. The Hall–Kier alpha value is -1.70. The Morgan fingerprint density at radius 3 is 2.80 bits per heavy atom. The number of aryl methyl sites for hydroxylation is 1. The van der Waals surface area contributed by atoms with Crippen LogP contribution in [0, 0.1) is 0 Å². The molecule has 2 nitrogen and oxygen atoms in total. The Kier molecular flexibility index (Phi) is 2.50. The number of nitrogens with zero attached hydrogens (tertiary/aromatic N) is 1. The van der Waals surface area contributed by atoms with E-state index < -0.39 is 0 Å². The number of fused-ring (bicyclic) bond motifs is 1. The molecule has 0 saturated carbocycles. The number of hydrogen-bond donors (Lipinski definition) is 0. The van der Waals surface area contributed by atoms with Crippen molar-refractivity contribution in [2.75, 3.05) is 0 Å². The number of carbonyl (C=O) groups excluding carboxylic acids is 1. The average molecular weight is 200 g/mol. The Morgan fingerprint density at radius 2 is 2.13 bits per heavy atom. The van der Waals surface area contributed by atoms with Crippen molar-refractivity contribution in [1.82, 2.24) is 0 Å². The molecule has 2 rings (SSSR count). The number of Topliss-reactive ketones (excluding diaryl/α,β-unsaturated/α-hetero) is 1. The van der Waals surface area contributed by atoms with Crippen LogP contribution in [0.4, 0.5) is 0 Å². The largest absolute Gasteiger partial charge is 0.295 e. The van der Waals surface area contributed by atoms with Crippen LogP contribution in [0.25, 0.3) is 10.9 Å². The number of hydrogen-bond acceptors (Lipinski definition) is 1. The molecule has 2 aromatic rings. The highest BCUT2D eigenvalue weighted by Gasteiger charge is 2.07. The third-order valence-electron chi connectivity index (χ3n) is 2.63. The van der Waals surface area contributed by atoms with Gasteiger partial charge in [0.2, 0.25) is 5.52 Å². The molecular formula is C13H14NO+. The van der Waals surface area contributed by atoms with Crippen molar-refractivity contribution >= 4 is 16.7 Å². The van der Waals surface area contributed by atoms with Crippen LogP contribution in [-0.2, 0) is 6.54 Å². The highest BCUT2D eigenvalue weighted by atomic mass is 16.1. The molecule has 0 radical (unpaired) electrons. The van der Waals surface area contributed by atoms with Gasteiger partial charge in [-0.1, -0.05) is 0 Å². The van der Waals surface area contributed by atoms with Crippen LogP contribution >= 0.6 is 0 Å². The molecule has 1 aromatic heterocycles. The first-order valence-corrected chi connectivity index (χ1v) is 5.15. The molecule has 76 valence electrons. The van der Waals surface area contributed by atoms with Crippen LogP contribution in [-0.4, -0.2) is 5.78 Å². The minimum Gasteiger partial charge on any atom is -0.295 e. The summed E-state index contributed by atoms with van der Waals surface area (Å²) in [5, 5.41) is 1.12. The fourth-order valence-corrected chi connectivity index (χ4v) is 1.78. The molecule has 0 atom stereocenters. The second-order valence-corrected chi connectivity index (χ2v) is 3.62. The van der Waals surface area contributed by atoms with Crippen molar-refractivity contribution in [3.8, 4) is 0 Å². The van der Waals surface area contributed by atoms with Gasteiger partial charge in [0.05, 0.1) is 0 Å². The summed E-state index contributed by atoms with van der Waals surface area (Å²) in [5.41, 5.74) is 1.95. The van der Waals surface area contributed by atoms with E-state index in [0.717, 1.165) is 17.5 Å². The van der Waals surface area contributed by atoms with E-state index in [0.29, 0.717) is 0 Å². The third kappa shape index (κ3) is 1.75. The Morgan fingerprint density at radius 1 is 1.33 bits per heavy atom. The summed E-state index contributed by atoms with van der Waals surface area (Å²) < 4.78 is 2.17. The maximum absolute atomic E-state index is 11.2. The van der Waals surface area contributed by atoms with Crippen LogP contribution in [0.15, 0.2) is 36.5 Å². The van der Waals surface area contributed by atoms with Gasteiger partial charge in [0, 0.05) is 23.1 Å². The Labute approximate surface area is 89.2 Å². The molecule has 1 aromatic carbocycles. The molecule has 2 heteroatoms. The summed E-state index contributed by atoms with van der Waals surface area (Å²) in [6.45, 7) is 4.65. The van der Waals surface area contributed by atoms with E-state index in [1.165, 1.54) is 5.52 Å². The average Bonchev–Trinajstić information content (AvgIpc) is 2.27. The van der Waals surface area contributed by atoms with E-state index in [2.05, 4.69) is 17.7 Å². The molecule has 0 aliphatic rings. The van der Waals surface area contributed by atoms with E-state index in [-0.39, 0.29) is 5.78 Å². The first-order valence-electron chi connectivity index (χ1n) is 5.15. The Bertz CT molecular complexity index is 517. The highest BCUT2D eigenvalue weighted by Crippen LogP contribution is 2.12. The molecule has 0 aliphatic heterocycles. The monoisotopic (exact) mass is 200 g/mol. The van der Waals surface area contributed by atoms with Gasteiger partial charge in [0.15, 0.2) is 12.0 Å². The molecule has 0 fully saturated rings. The van der Waals surface area contributed by atoms with Crippen LogP contribution in [0.3, 0.4) is 0 Å². The summed E-state index contributed by atoms with van der Waals surface area (Å²) in [7, 11) is 0. The minimum absolute atomic E-state index is 0.115. The SMILES string of the molecule is CC[n+]1cccc2cc(C(C)=O)ccc21. The molecule has 0 bridgehead atoms. The van der Waals surface area contributed by atoms with Gasteiger partial charge in [-0.25, -0.2) is 0 Å². The summed E-state index contributed by atoms with van der Waals surface area (Å²) in [5.74, 6) is 0.115. The van der Waals surface area contributed by atoms with Crippen LogP contribution in [0.5, 0.6) is 0 Å². The van der Waals surface area contributed by atoms with E-state index in [1.807, 2.05) is 30.3 Å². The smallest absolute Gasteiger partial charge is 0.212 e. The summed E-state index contributed by atoms with van der Waals surface area (Å²) >= 11 is 0. The lowest BCUT2D eigenvalue weighted by Gasteiger charge is -2.00. The molecule has 0 spiro atoms. The van der Waals surface area contributed by atoms with Gasteiger partial charge in [0.25, 0.3) is 0 Å². The van der Waals surface area contributed by atoms with Gasteiger partial charge < -0.3 is 0 Å². The van der Waals surface area contributed by atoms with Gasteiger partial charge >= 0.3 is 0 Å². The van der Waals surface area contributed by atoms with Crippen LogP contribution in [0.2, 0.25) is 0 Å². The number of rotatable bonds is 2. The molecule has 0 N–H and O–H groups in total.